The van der Waals surface area contributed by atoms with E-state index in [0.29, 0.717) is 21.4 Å². The molecule has 0 amide bonds. The maximum absolute atomic E-state index is 12.0. The van der Waals surface area contributed by atoms with Gasteiger partial charge in [0.2, 0.25) is 0 Å². The van der Waals surface area contributed by atoms with Crippen molar-refractivity contribution in [1.82, 2.24) is 0 Å². The van der Waals surface area contributed by atoms with Crippen LogP contribution in [-0.4, -0.2) is 27.5 Å². The standard InChI is InChI=1S/C14H20ClNO2S2/c1-19-13-11(15)7-10(8-12(13)20(2,17)18)14(9-16)5-3-4-6-14/h7-8H,3-6,9,16H2,1-2H3. The van der Waals surface area contributed by atoms with Crippen molar-refractivity contribution >= 4 is 33.2 Å². The molecule has 3 nitrogen and oxygen atoms in total. The Morgan fingerprint density at radius 3 is 2.40 bits per heavy atom. The molecular weight excluding hydrogens is 314 g/mol. The molecule has 1 aromatic rings. The summed E-state index contributed by atoms with van der Waals surface area (Å²) in [5.41, 5.74) is 6.84. The van der Waals surface area contributed by atoms with Gasteiger partial charge in [-0.3, -0.25) is 0 Å². The van der Waals surface area contributed by atoms with Gasteiger partial charge in [0.25, 0.3) is 0 Å². The molecule has 0 atom stereocenters. The molecule has 0 spiro atoms. The third-order valence-electron chi connectivity index (χ3n) is 4.18. The summed E-state index contributed by atoms with van der Waals surface area (Å²) in [4.78, 5) is 0.954. The highest BCUT2D eigenvalue weighted by atomic mass is 35.5. The van der Waals surface area contributed by atoms with Crippen LogP contribution in [0.5, 0.6) is 0 Å². The zero-order valence-electron chi connectivity index (χ0n) is 11.8. The van der Waals surface area contributed by atoms with E-state index < -0.39 is 9.84 Å². The molecule has 1 fully saturated rings. The van der Waals surface area contributed by atoms with Crippen molar-refractivity contribution in [2.45, 2.75) is 40.9 Å². The van der Waals surface area contributed by atoms with Gasteiger partial charge in [0.1, 0.15) is 0 Å². The van der Waals surface area contributed by atoms with Crippen molar-refractivity contribution in [2.75, 3.05) is 19.1 Å². The Morgan fingerprint density at radius 2 is 1.95 bits per heavy atom. The maximum Gasteiger partial charge on any atom is 0.176 e. The molecule has 0 radical (unpaired) electrons. The van der Waals surface area contributed by atoms with Crippen LogP contribution in [0, 0.1) is 0 Å². The summed E-state index contributed by atoms with van der Waals surface area (Å²) in [7, 11) is -3.30. The number of hydrogen-bond donors (Lipinski definition) is 1. The van der Waals surface area contributed by atoms with E-state index in [2.05, 4.69) is 0 Å². The minimum absolute atomic E-state index is 0.111. The van der Waals surface area contributed by atoms with Crippen LogP contribution >= 0.6 is 23.4 Å². The molecule has 0 unspecified atom stereocenters. The summed E-state index contributed by atoms with van der Waals surface area (Å²) in [6, 6.07) is 3.69. The molecule has 20 heavy (non-hydrogen) atoms. The first-order valence-electron chi connectivity index (χ1n) is 6.62. The van der Waals surface area contributed by atoms with E-state index in [-0.39, 0.29) is 5.41 Å². The van der Waals surface area contributed by atoms with Gasteiger partial charge < -0.3 is 5.73 Å². The molecule has 1 aliphatic carbocycles. The van der Waals surface area contributed by atoms with E-state index in [4.69, 9.17) is 17.3 Å². The first kappa shape index (κ1) is 16.1. The average Bonchev–Trinajstić information content (AvgIpc) is 2.86. The van der Waals surface area contributed by atoms with Crippen LogP contribution in [0.15, 0.2) is 21.9 Å². The average molecular weight is 334 g/mol. The Bertz CT molecular complexity index is 608. The van der Waals surface area contributed by atoms with Crippen molar-refractivity contribution < 1.29 is 8.42 Å². The molecule has 0 aromatic heterocycles. The summed E-state index contributed by atoms with van der Waals surface area (Å²) < 4.78 is 24.0. The molecule has 0 aliphatic heterocycles. The van der Waals surface area contributed by atoms with Crippen LogP contribution in [0.4, 0.5) is 0 Å². The summed E-state index contributed by atoms with van der Waals surface area (Å²) in [6.07, 6.45) is 7.33. The second-order valence-electron chi connectivity index (χ2n) is 5.45. The second kappa shape index (κ2) is 5.87. The topological polar surface area (TPSA) is 60.2 Å². The maximum atomic E-state index is 12.0. The third kappa shape index (κ3) is 2.86. The van der Waals surface area contributed by atoms with E-state index in [0.717, 1.165) is 31.2 Å². The number of thioether (sulfide) groups is 1. The smallest absolute Gasteiger partial charge is 0.176 e. The van der Waals surface area contributed by atoms with Gasteiger partial charge in [0.05, 0.1) is 9.92 Å². The predicted octanol–water partition coefficient (Wildman–Crippen LogP) is 3.24. The molecule has 0 saturated heterocycles. The number of nitrogens with two attached hydrogens (primary N) is 1. The quantitative estimate of drug-likeness (QED) is 0.859. The first-order chi connectivity index (χ1) is 9.34. The van der Waals surface area contributed by atoms with E-state index >= 15 is 0 Å². The van der Waals surface area contributed by atoms with Gasteiger partial charge in [-0.15, -0.1) is 11.8 Å². The van der Waals surface area contributed by atoms with Gasteiger partial charge in [0.15, 0.2) is 9.84 Å². The Kier molecular flexibility index (Phi) is 4.74. The minimum atomic E-state index is -3.30. The zero-order chi connectivity index (χ0) is 15.0. The van der Waals surface area contributed by atoms with E-state index in [1.54, 1.807) is 6.07 Å². The minimum Gasteiger partial charge on any atom is -0.330 e. The van der Waals surface area contributed by atoms with Gasteiger partial charge in [-0.1, -0.05) is 24.4 Å². The van der Waals surface area contributed by atoms with E-state index in [1.807, 2.05) is 12.3 Å². The molecular formula is C14H20ClNO2S2. The van der Waals surface area contributed by atoms with Crippen molar-refractivity contribution in [1.29, 1.82) is 0 Å². The number of sulfone groups is 1. The normalized spacial score (nSPS) is 18.4. The van der Waals surface area contributed by atoms with Crippen molar-refractivity contribution in [3.05, 3.63) is 22.7 Å². The fourth-order valence-corrected chi connectivity index (χ4v) is 5.52. The SMILES string of the molecule is CSc1c(Cl)cc(C2(CN)CCCC2)cc1S(C)(=O)=O. The summed E-state index contributed by atoms with van der Waals surface area (Å²) in [6.45, 7) is 0.533. The second-order valence-corrected chi connectivity index (χ2v) is 8.66. The molecule has 6 heteroatoms. The Balaban J connectivity index is 2.65. The molecule has 0 heterocycles. The number of hydrogen-bond acceptors (Lipinski definition) is 4. The molecule has 0 bridgehead atoms. The van der Waals surface area contributed by atoms with E-state index in [9.17, 15) is 8.42 Å². The van der Waals surface area contributed by atoms with Crippen molar-refractivity contribution in [3.63, 3.8) is 0 Å². The van der Waals surface area contributed by atoms with Crippen LogP contribution in [0.3, 0.4) is 0 Å². The van der Waals surface area contributed by atoms with Gasteiger partial charge in [-0.25, -0.2) is 8.42 Å². The monoisotopic (exact) mass is 333 g/mol. The van der Waals surface area contributed by atoms with E-state index in [1.165, 1.54) is 18.0 Å². The molecule has 1 aromatic carbocycles. The van der Waals surface area contributed by atoms with Gasteiger partial charge in [0, 0.05) is 23.1 Å². The van der Waals surface area contributed by atoms with Crippen LogP contribution in [0.1, 0.15) is 31.2 Å². The lowest BCUT2D eigenvalue weighted by atomic mass is 9.79. The molecule has 2 N–H and O–H groups in total. The Morgan fingerprint density at radius 1 is 1.35 bits per heavy atom. The number of halogens is 1. The van der Waals surface area contributed by atoms with Crippen LogP contribution in [0.25, 0.3) is 0 Å². The van der Waals surface area contributed by atoms with Gasteiger partial charge in [-0.2, -0.15) is 0 Å². The van der Waals surface area contributed by atoms with Crippen LogP contribution < -0.4 is 5.73 Å². The Hall–Kier alpha value is -0.230. The molecule has 1 aliphatic rings. The largest absolute Gasteiger partial charge is 0.330 e. The lowest BCUT2D eigenvalue weighted by Crippen LogP contribution is -2.32. The highest BCUT2D eigenvalue weighted by molar-refractivity contribution is 7.99. The lowest BCUT2D eigenvalue weighted by molar-refractivity contribution is 0.451. The number of benzene rings is 1. The summed E-state index contributed by atoms with van der Waals surface area (Å²) in [5.74, 6) is 0. The predicted molar refractivity (Wildman–Crippen MR) is 85.5 cm³/mol. The molecule has 1 saturated carbocycles. The summed E-state index contributed by atoms with van der Waals surface area (Å²) >= 11 is 7.68. The fraction of sp³-hybridized carbons (Fsp3) is 0.571. The fourth-order valence-electron chi connectivity index (χ4n) is 3.01. The Labute approximate surface area is 130 Å². The molecule has 112 valence electrons. The zero-order valence-corrected chi connectivity index (χ0v) is 14.2. The van der Waals surface area contributed by atoms with Crippen LogP contribution in [-0.2, 0) is 15.3 Å². The van der Waals surface area contributed by atoms with Crippen LogP contribution in [0.2, 0.25) is 5.02 Å². The highest BCUT2D eigenvalue weighted by Gasteiger charge is 2.35. The summed E-state index contributed by atoms with van der Waals surface area (Å²) in [5, 5.41) is 0.509. The lowest BCUT2D eigenvalue weighted by Gasteiger charge is -2.29. The highest BCUT2D eigenvalue weighted by Crippen LogP contribution is 2.44. The molecule has 2 rings (SSSR count). The van der Waals surface area contributed by atoms with Gasteiger partial charge in [-0.05, 0) is 36.8 Å². The third-order valence-corrected chi connectivity index (χ3v) is 6.69. The van der Waals surface area contributed by atoms with Crippen molar-refractivity contribution in [3.8, 4) is 0 Å². The van der Waals surface area contributed by atoms with Crippen molar-refractivity contribution in [2.24, 2.45) is 5.73 Å². The first-order valence-corrected chi connectivity index (χ1v) is 10.1. The van der Waals surface area contributed by atoms with Gasteiger partial charge >= 0.3 is 0 Å². The number of rotatable bonds is 4.